The van der Waals surface area contributed by atoms with Crippen molar-refractivity contribution in [2.75, 3.05) is 26.2 Å². The predicted molar refractivity (Wildman–Crippen MR) is 52.0 cm³/mol. The topological polar surface area (TPSA) is 0 Å². The van der Waals surface area contributed by atoms with E-state index in [2.05, 4.69) is 13.8 Å². The van der Waals surface area contributed by atoms with Crippen molar-refractivity contribution in [1.29, 1.82) is 0 Å². The first kappa shape index (κ1) is 11.8. The highest BCUT2D eigenvalue weighted by Crippen LogP contribution is 2.35. The second-order valence-corrected chi connectivity index (χ2v) is 5.61. The zero-order valence-electron chi connectivity index (χ0n) is 8.98. The van der Waals surface area contributed by atoms with Crippen molar-refractivity contribution in [3.8, 4) is 0 Å². The molecule has 0 unspecified atom stereocenters. The predicted octanol–water partition coefficient (Wildman–Crippen LogP) is -0.579. The van der Waals surface area contributed by atoms with E-state index in [9.17, 15) is 0 Å². The van der Waals surface area contributed by atoms with E-state index in [4.69, 9.17) is 0 Å². The van der Waals surface area contributed by atoms with Crippen LogP contribution in [0.2, 0.25) is 0 Å². The number of nitrogens with zero attached hydrogens (tertiary/aromatic N) is 1. The molecule has 2 fully saturated rings. The number of halogens is 1. The fourth-order valence-corrected chi connectivity index (χ4v) is 2.77. The summed E-state index contributed by atoms with van der Waals surface area (Å²) in [6, 6.07) is 0. The SMILES string of the molecule is CC1(C)CC[N+]2(CCCC2)CC1.[I-]. The van der Waals surface area contributed by atoms with Crippen LogP contribution in [0.5, 0.6) is 0 Å². The molecule has 0 atom stereocenters. The van der Waals surface area contributed by atoms with Crippen molar-refractivity contribution in [3.05, 3.63) is 0 Å². The largest absolute Gasteiger partial charge is 1.00 e. The Kier molecular flexibility index (Phi) is 3.67. The first-order valence-electron chi connectivity index (χ1n) is 5.47. The first-order valence-corrected chi connectivity index (χ1v) is 5.47. The van der Waals surface area contributed by atoms with Crippen LogP contribution in [0, 0.1) is 5.41 Å². The first-order chi connectivity index (χ1) is 5.62. The third kappa shape index (κ3) is 2.58. The molecule has 0 aromatic carbocycles. The average Bonchev–Trinajstić information content (AvgIpc) is 2.46. The minimum Gasteiger partial charge on any atom is -1.00 e. The van der Waals surface area contributed by atoms with Gasteiger partial charge in [0.15, 0.2) is 0 Å². The molecule has 0 N–H and O–H groups in total. The van der Waals surface area contributed by atoms with Gasteiger partial charge in [-0.3, -0.25) is 0 Å². The summed E-state index contributed by atoms with van der Waals surface area (Å²) in [6.07, 6.45) is 5.88. The molecule has 1 spiro atoms. The van der Waals surface area contributed by atoms with Gasteiger partial charge in [0.1, 0.15) is 0 Å². The van der Waals surface area contributed by atoms with Crippen LogP contribution in [-0.2, 0) is 0 Å². The lowest BCUT2D eigenvalue weighted by molar-refractivity contribution is -0.923. The summed E-state index contributed by atoms with van der Waals surface area (Å²) in [5, 5.41) is 0. The maximum atomic E-state index is 2.43. The van der Waals surface area contributed by atoms with Gasteiger partial charge in [0.05, 0.1) is 26.2 Å². The molecule has 2 heteroatoms. The van der Waals surface area contributed by atoms with Crippen LogP contribution in [0.3, 0.4) is 0 Å². The van der Waals surface area contributed by atoms with Gasteiger partial charge in [-0.1, -0.05) is 13.8 Å². The number of rotatable bonds is 0. The molecule has 0 saturated carbocycles. The Morgan fingerprint density at radius 3 is 1.77 bits per heavy atom. The highest BCUT2D eigenvalue weighted by atomic mass is 127. The van der Waals surface area contributed by atoms with Gasteiger partial charge in [-0.15, -0.1) is 0 Å². The van der Waals surface area contributed by atoms with E-state index in [1.165, 1.54) is 56.3 Å². The van der Waals surface area contributed by atoms with Crippen LogP contribution in [0.15, 0.2) is 0 Å². The Labute approximate surface area is 99.5 Å². The molecule has 0 aromatic rings. The Morgan fingerprint density at radius 2 is 1.31 bits per heavy atom. The van der Waals surface area contributed by atoms with E-state index in [0.717, 1.165) is 0 Å². The second kappa shape index (κ2) is 4.05. The molecule has 2 saturated heterocycles. The number of piperidine rings is 1. The molecule has 1 nitrogen and oxygen atoms in total. The van der Waals surface area contributed by atoms with Crippen LogP contribution < -0.4 is 24.0 Å². The molecule has 13 heavy (non-hydrogen) atoms. The smallest absolute Gasteiger partial charge is 0.0791 e. The van der Waals surface area contributed by atoms with Crippen LogP contribution in [0.1, 0.15) is 39.5 Å². The molecule has 78 valence electrons. The number of quaternary nitrogens is 1. The van der Waals surface area contributed by atoms with Crippen LogP contribution in [0.25, 0.3) is 0 Å². The van der Waals surface area contributed by atoms with Gasteiger partial charge < -0.3 is 28.5 Å². The molecule has 0 aliphatic carbocycles. The molecule has 0 bridgehead atoms. The van der Waals surface area contributed by atoms with Gasteiger partial charge in [-0.25, -0.2) is 0 Å². The summed E-state index contributed by atoms with van der Waals surface area (Å²) in [5.41, 5.74) is 0.645. The minimum absolute atomic E-state index is 0. The van der Waals surface area contributed by atoms with Crippen molar-refractivity contribution in [2.45, 2.75) is 39.5 Å². The zero-order valence-corrected chi connectivity index (χ0v) is 11.1. The van der Waals surface area contributed by atoms with Gasteiger partial charge in [0.25, 0.3) is 0 Å². The molecular formula is C11H22IN. The summed E-state index contributed by atoms with van der Waals surface area (Å²) >= 11 is 0. The normalized spacial score (nSPS) is 30.0. The maximum absolute atomic E-state index is 2.43. The summed E-state index contributed by atoms with van der Waals surface area (Å²) in [5.74, 6) is 0. The molecule has 0 aromatic heterocycles. The highest BCUT2D eigenvalue weighted by Gasteiger charge is 2.39. The van der Waals surface area contributed by atoms with Crippen LogP contribution in [0.4, 0.5) is 0 Å². The van der Waals surface area contributed by atoms with Gasteiger partial charge in [0.2, 0.25) is 0 Å². The Hall–Kier alpha value is 0.690. The summed E-state index contributed by atoms with van der Waals surface area (Å²) in [7, 11) is 0. The summed E-state index contributed by atoms with van der Waals surface area (Å²) in [6.45, 7) is 10.8. The lowest BCUT2D eigenvalue weighted by Gasteiger charge is -2.43. The van der Waals surface area contributed by atoms with E-state index in [0.29, 0.717) is 5.41 Å². The van der Waals surface area contributed by atoms with E-state index in [-0.39, 0.29) is 24.0 Å². The van der Waals surface area contributed by atoms with Crippen molar-refractivity contribution >= 4 is 0 Å². The molecule has 2 aliphatic heterocycles. The molecule has 2 aliphatic rings. The average molecular weight is 295 g/mol. The maximum Gasteiger partial charge on any atom is 0.0791 e. The lowest BCUT2D eigenvalue weighted by Crippen LogP contribution is -3.00. The summed E-state index contributed by atoms with van der Waals surface area (Å²) < 4.78 is 1.48. The van der Waals surface area contributed by atoms with Gasteiger partial charge in [0, 0.05) is 25.7 Å². The van der Waals surface area contributed by atoms with E-state index in [1.54, 1.807) is 0 Å². The van der Waals surface area contributed by atoms with Crippen LogP contribution in [-0.4, -0.2) is 30.7 Å². The van der Waals surface area contributed by atoms with Crippen molar-refractivity contribution < 1.29 is 28.5 Å². The Bertz CT molecular complexity index is 159. The zero-order chi connectivity index (χ0) is 8.66. The number of hydrogen-bond donors (Lipinski definition) is 0. The highest BCUT2D eigenvalue weighted by molar-refractivity contribution is 4.74. The van der Waals surface area contributed by atoms with Gasteiger partial charge >= 0.3 is 0 Å². The fraction of sp³-hybridized carbons (Fsp3) is 1.00. The quantitative estimate of drug-likeness (QED) is 0.414. The van der Waals surface area contributed by atoms with E-state index < -0.39 is 0 Å². The van der Waals surface area contributed by atoms with Crippen molar-refractivity contribution in [1.82, 2.24) is 0 Å². The number of hydrogen-bond acceptors (Lipinski definition) is 0. The van der Waals surface area contributed by atoms with Crippen molar-refractivity contribution in [2.24, 2.45) is 5.41 Å². The van der Waals surface area contributed by atoms with Gasteiger partial charge in [-0.2, -0.15) is 0 Å². The van der Waals surface area contributed by atoms with Gasteiger partial charge in [-0.05, 0) is 5.41 Å². The third-order valence-electron chi connectivity index (χ3n) is 4.04. The lowest BCUT2D eigenvalue weighted by atomic mass is 9.82. The molecule has 0 radical (unpaired) electrons. The monoisotopic (exact) mass is 295 g/mol. The second-order valence-electron chi connectivity index (χ2n) is 5.61. The van der Waals surface area contributed by atoms with E-state index in [1.807, 2.05) is 0 Å². The molecule has 2 heterocycles. The standard InChI is InChI=1S/C11H22N.HI/c1-11(2)5-9-12(10-6-11)7-3-4-8-12;/h3-10H2,1-2H3;1H/q+1;/p-1. The summed E-state index contributed by atoms with van der Waals surface area (Å²) in [4.78, 5) is 0. The molecule has 0 amide bonds. The third-order valence-corrected chi connectivity index (χ3v) is 4.04. The molecular weight excluding hydrogens is 273 g/mol. The Morgan fingerprint density at radius 1 is 0.846 bits per heavy atom. The van der Waals surface area contributed by atoms with Crippen LogP contribution >= 0.6 is 0 Å². The minimum atomic E-state index is 0. The molecule has 2 rings (SSSR count). The van der Waals surface area contributed by atoms with Crippen molar-refractivity contribution in [3.63, 3.8) is 0 Å². The fourth-order valence-electron chi connectivity index (χ4n) is 2.77. The Balaban J connectivity index is 0.000000845. The van der Waals surface area contributed by atoms with E-state index >= 15 is 0 Å².